The van der Waals surface area contributed by atoms with Crippen molar-refractivity contribution in [3.05, 3.63) is 48.6 Å². The van der Waals surface area contributed by atoms with E-state index in [-0.39, 0.29) is 13.2 Å². The lowest BCUT2D eigenvalue weighted by Gasteiger charge is -2.35. The van der Waals surface area contributed by atoms with E-state index in [1.54, 1.807) is 19.9 Å². The molecule has 1 aromatic rings. The fourth-order valence-electron chi connectivity index (χ4n) is 3.99. The van der Waals surface area contributed by atoms with Crippen molar-refractivity contribution in [1.29, 1.82) is 0 Å². The Labute approximate surface area is 171 Å². The second-order valence-electron chi connectivity index (χ2n) is 6.86. The van der Waals surface area contributed by atoms with Gasteiger partial charge in [-0.1, -0.05) is 36.4 Å². The van der Waals surface area contributed by atoms with Gasteiger partial charge in [0, 0.05) is 12.0 Å². The fraction of sp³-hybridized carbons (Fsp3) is 0.500. The van der Waals surface area contributed by atoms with E-state index >= 15 is 0 Å². The second kappa shape index (κ2) is 10.2. The lowest BCUT2D eigenvalue weighted by atomic mass is 9.78. The van der Waals surface area contributed by atoms with Gasteiger partial charge in [0.2, 0.25) is 0 Å². The Morgan fingerprint density at radius 2 is 1.76 bits per heavy atom. The number of ether oxygens (including phenoxy) is 3. The van der Waals surface area contributed by atoms with Crippen LogP contribution in [-0.2, 0) is 28.6 Å². The molecule has 0 unspecified atom stereocenters. The lowest BCUT2D eigenvalue weighted by molar-refractivity contribution is -0.163. The van der Waals surface area contributed by atoms with Crippen molar-refractivity contribution in [2.45, 2.75) is 44.2 Å². The zero-order chi connectivity index (χ0) is 21.4. The number of hydrogen-bond donors (Lipinski definition) is 1. The van der Waals surface area contributed by atoms with Crippen LogP contribution in [0.25, 0.3) is 0 Å². The summed E-state index contributed by atoms with van der Waals surface area (Å²) >= 11 is 0. The monoisotopic (exact) mass is 403 g/mol. The quantitative estimate of drug-likeness (QED) is 0.293. The number of esters is 3. The molecule has 0 radical (unpaired) electrons. The number of hydrogen-bond acceptors (Lipinski definition) is 7. The Morgan fingerprint density at radius 1 is 1.17 bits per heavy atom. The predicted octanol–water partition coefficient (Wildman–Crippen LogP) is 2.36. The van der Waals surface area contributed by atoms with Crippen LogP contribution in [0, 0.1) is 5.92 Å². The van der Waals surface area contributed by atoms with E-state index in [1.165, 1.54) is 7.11 Å². The van der Waals surface area contributed by atoms with Gasteiger partial charge in [-0.25, -0.2) is 0 Å². The highest BCUT2D eigenvalue weighted by atomic mass is 16.6. The van der Waals surface area contributed by atoms with Gasteiger partial charge >= 0.3 is 17.9 Å². The molecular weight excluding hydrogens is 374 g/mol. The van der Waals surface area contributed by atoms with Gasteiger partial charge in [-0.3, -0.25) is 19.7 Å². The first kappa shape index (κ1) is 22.6. The molecule has 0 saturated carbocycles. The van der Waals surface area contributed by atoms with E-state index in [4.69, 9.17) is 14.2 Å². The molecule has 1 aromatic carbocycles. The van der Waals surface area contributed by atoms with Gasteiger partial charge in [-0.15, -0.1) is 6.58 Å². The minimum Gasteiger partial charge on any atom is -0.468 e. The molecule has 0 aromatic heterocycles. The number of carbonyl (C=O) groups excluding carboxylic acids is 3. The van der Waals surface area contributed by atoms with Crippen molar-refractivity contribution < 1.29 is 28.6 Å². The van der Waals surface area contributed by atoms with E-state index in [0.29, 0.717) is 12.8 Å². The molecule has 0 aliphatic carbocycles. The summed E-state index contributed by atoms with van der Waals surface area (Å²) in [6, 6.07) is 8.82. The van der Waals surface area contributed by atoms with Crippen LogP contribution in [0.3, 0.4) is 0 Å². The lowest BCUT2D eigenvalue weighted by Crippen LogP contribution is -2.57. The molecule has 1 fully saturated rings. The first-order valence-corrected chi connectivity index (χ1v) is 9.82. The topological polar surface area (TPSA) is 90.9 Å². The van der Waals surface area contributed by atoms with Crippen LogP contribution in [0.2, 0.25) is 0 Å². The number of carbonyl (C=O) groups is 3. The number of nitrogens with one attached hydrogen (secondary N) is 1. The summed E-state index contributed by atoms with van der Waals surface area (Å²) in [6.07, 6.45) is 2.45. The molecular formula is C22H29NO6. The predicted molar refractivity (Wildman–Crippen MR) is 107 cm³/mol. The summed E-state index contributed by atoms with van der Waals surface area (Å²) in [5.74, 6) is -3.38. The highest BCUT2D eigenvalue weighted by Crippen LogP contribution is 2.40. The van der Waals surface area contributed by atoms with Crippen LogP contribution in [0.15, 0.2) is 43.0 Å². The third-order valence-corrected chi connectivity index (χ3v) is 5.25. The summed E-state index contributed by atoms with van der Waals surface area (Å²) in [7, 11) is 1.32. The van der Waals surface area contributed by atoms with Crippen molar-refractivity contribution >= 4 is 17.9 Å². The molecule has 1 N–H and O–H groups in total. The Kier molecular flexibility index (Phi) is 7.96. The van der Waals surface area contributed by atoms with Gasteiger partial charge in [-0.2, -0.15) is 0 Å². The van der Waals surface area contributed by atoms with Crippen molar-refractivity contribution in [2.75, 3.05) is 20.3 Å². The van der Waals surface area contributed by atoms with Gasteiger partial charge in [0.05, 0.1) is 20.3 Å². The van der Waals surface area contributed by atoms with Crippen LogP contribution >= 0.6 is 0 Å². The molecule has 3 atom stereocenters. The molecule has 1 aliphatic rings. The van der Waals surface area contributed by atoms with Crippen LogP contribution in [0.1, 0.15) is 38.2 Å². The summed E-state index contributed by atoms with van der Waals surface area (Å²) in [4.78, 5) is 37.9. The third kappa shape index (κ3) is 4.67. The first-order valence-electron chi connectivity index (χ1n) is 9.82. The molecule has 2 rings (SSSR count). The standard InChI is InChI=1S/C22H29NO6/c1-5-16(15-11-9-8-10-12-15)22(21(26)27-4)14-13-17(23-22)18(19(24)28-6-2)20(25)29-7-3/h5,8-12,16-18,23H,1,6-7,13-14H2,2-4H3/t16-,17+,22-/m1/s1. The first-order chi connectivity index (χ1) is 13.9. The van der Waals surface area contributed by atoms with Gasteiger partial charge in [0.15, 0.2) is 5.92 Å². The van der Waals surface area contributed by atoms with Crippen LogP contribution < -0.4 is 5.32 Å². The molecule has 1 heterocycles. The SMILES string of the molecule is C=C[C@H](c1ccccc1)[C@@]1(C(=O)OC)CC[C@@H](C(C(=O)OCC)C(=O)OCC)N1. The molecule has 7 heteroatoms. The largest absolute Gasteiger partial charge is 0.468 e. The minimum absolute atomic E-state index is 0.142. The Hall–Kier alpha value is -2.67. The number of rotatable bonds is 9. The fourth-order valence-corrected chi connectivity index (χ4v) is 3.99. The maximum atomic E-state index is 12.9. The smallest absolute Gasteiger partial charge is 0.327 e. The van der Waals surface area contributed by atoms with Crippen molar-refractivity contribution in [2.24, 2.45) is 5.92 Å². The van der Waals surface area contributed by atoms with Gasteiger partial charge in [-0.05, 0) is 32.3 Å². The molecule has 0 amide bonds. The molecule has 29 heavy (non-hydrogen) atoms. The Balaban J connectivity index is 2.41. The van der Waals surface area contributed by atoms with Crippen LogP contribution in [0.5, 0.6) is 0 Å². The minimum atomic E-state index is -1.16. The van der Waals surface area contributed by atoms with E-state index in [9.17, 15) is 14.4 Å². The summed E-state index contributed by atoms with van der Waals surface area (Å²) in [6.45, 7) is 7.54. The molecule has 1 saturated heterocycles. The number of methoxy groups -OCH3 is 1. The van der Waals surface area contributed by atoms with Crippen molar-refractivity contribution in [3.8, 4) is 0 Å². The molecule has 7 nitrogen and oxygen atoms in total. The Bertz CT molecular complexity index is 716. The second-order valence-corrected chi connectivity index (χ2v) is 6.86. The normalized spacial score (nSPS) is 22.0. The molecule has 1 aliphatic heterocycles. The average Bonchev–Trinajstić information content (AvgIpc) is 3.15. The zero-order valence-electron chi connectivity index (χ0n) is 17.2. The van der Waals surface area contributed by atoms with Gasteiger partial charge in [0.1, 0.15) is 5.54 Å². The highest BCUT2D eigenvalue weighted by molar-refractivity contribution is 5.96. The molecule has 0 spiro atoms. The van der Waals surface area contributed by atoms with E-state index in [0.717, 1.165) is 5.56 Å². The maximum absolute atomic E-state index is 12.9. The number of benzene rings is 1. The van der Waals surface area contributed by atoms with E-state index in [1.807, 2.05) is 30.3 Å². The third-order valence-electron chi connectivity index (χ3n) is 5.25. The van der Waals surface area contributed by atoms with Gasteiger partial charge in [0.25, 0.3) is 0 Å². The summed E-state index contributed by atoms with van der Waals surface area (Å²) < 4.78 is 15.3. The van der Waals surface area contributed by atoms with E-state index in [2.05, 4.69) is 11.9 Å². The summed E-state index contributed by atoms with van der Waals surface area (Å²) in [5.41, 5.74) is -0.274. The molecule has 0 bridgehead atoms. The highest BCUT2D eigenvalue weighted by Gasteiger charge is 2.55. The average molecular weight is 403 g/mol. The van der Waals surface area contributed by atoms with Crippen LogP contribution in [-0.4, -0.2) is 49.8 Å². The summed E-state index contributed by atoms with van der Waals surface area (Å²) in [5, 5.41) is 3.24. The van der Waals surface area contributed by atoms with Gasteiger partial charge < -0.3 is 14.2 Å². The van der Waals surface area contributed by atoms with Crippen LogP contribution in [0.4, 0.5) is 0 Å². The van der Waals surface area contributed by atoms with Crippen molar-refractivity contribution in [1.82, 2.24) is 5.32 Å². The van der Waals surface area contributed by atoms with E-state index < -0.39 is 41.3 Å². The Morgan fingerprint density at radius 3 is 2.24 bits per heavy atom. The molecule has 158 valence electrons. The zero-order valence-corrected chi connectivity index (χ0v) is 17.2. The maximum Gasteiger partial charge on any atom is 0.327 e. The van der Waals surface area contributed by atoms with Crippen molar-refractivity contribution in [3.63, 3.8) is 0 Å².